The minimum absolute atomic E-state index is 0. The van der Waals surface area contributed by atoms with Crippen molar-refractivity contribution in [2.45, 2.75) is 45.5 Å². The highest BCUT2D eigenvalue weighted by molar-refractivity contribution is 14.0. The summed E-state index contributed by atoms with van der Waals surface area (Å²) >= 11 is 0. The van der Waals surface area contributed by atoms with E-state index in [1.165, 1.54) is 11.1 Å². The number of rotatable bonds is 5. The second kappa shape index (κ2) is 10.8. The van der Waals surface area contributed by atoms with Crippen molar-refractivity contribution >= 4 is 36.0 Å². The number of nitrogens with one attached hydrogen (secondary N) is 2. The standard InChI is InChI=1S/C20H33N5O2.HI/c1-20(2,3)27-19(26)25-13-17(14-25)23-18(21-4)22-11-15-7-9-16(10-8-15)12-24(5)6;/h7-10,17H,11-14H2,1-6H3,(H2,21,22,23);1H. The van der Waals surface area contributed by atoms with E-state index >= 15 is 0 Å². The van der Waals surface area contributed by atoms with Crippen molar-refractivity contribution in [3.63, 3.8) is 0 Å². The molecule has 1 amide bonds. The van der Waals surface area contributed by atoms with E-state index in [1.54, 1.807) is 11.9 Å². The number of benzene rings is 1. The molecule has 8 heteroatoms. The molecule has 158 valence electrons. The van der Waals surface area contributed by atoms with Crippen molar-refractivity contribution < 1.29 is 9.53 Å². The quantitative estimate of drug-likeness (QED) is 0.368. The third-order valence-corrected chi connectivity index (χ3v) is 4.08. The van der Waals surface area contributed by atoms with Crippen LogP contribution in [0.5, 0.6) is 0 Å². The van der Waals surface area contributed by atoms with Gasteiger partial charge in [-0.25, -0.2) is 4.79 Å². The first-order valence-corrected chi connectivity index (χ1v) is 9.34. The van der Waals surface area contributed by atoms with Gasteiger partial charge in [0.1, 0.15) is 5.60 Å². The van der Waals surface area contributed by atoms with E-state index in [2.05, 4.69) is 58.9 Å². The molecule has 1 aliphatic rings. The van der Waals surface area contributed by atoms with Crippen molar-refractivity contribution in [3.05, 3.63) is 35.4 Å². The molecule has 0 aliphatic carbocycles. The fourth-order valence-corrected chi connectivity index (χ4v) is 2.75. The Balaban J connectivity index is 0.00000392. The first kappa shape index (κ1) is 24.5. The van der Waals surface area contributed by atoms with Crippen LogP contribution in [0.15, 0.2) is 29.3 Å². The number of aliphatic imine (C=N–C) groups is 1. The Bertz CT molecular complexity index is 650. The number of likely N-dealkylation sites (tertiary alicyclic amines) is 1. The van der Waals surface area contributed by atoms with Gasteiger partial charge < -0.3 is 25.2 Å². The summed E-state index contributed by atoms with van der Waals surface area (Å²) in [6, 6.07) is 8.75. The fraction of sp³-hybridized carbons (Fsp3) is 0.600. The van der Waals surface area contributed by atoms with Crippen molar-refractivity contribution in [2.24, 2.45) is 4.99 Å². The van der Waals surface area contributed by atoms with Gasteiger partial charge in [0.05, 0.1) is 6.04 Å². The van der Waals surface area contributed by atoms with Gasteiger partial charge in [0.2, 0.25) is 0 Å². The number of nitrogens with zero attached hydrogens (tertiary/aromatic N) is 3. The highest BCUT2D eigenvalue weighted by atomic mass is 127. The summed E-state index contributed by atoms with van der Waals surface area (Å²) < 4.78 is 5.37. The van der Waals surface area contributed by atoms with Crippen LogP contribution in [0.1, 0.15) is 31.9 Å². The van der Waals surface area contributed by atoms with E-state index in [4.69, 9.17) is 4.74 Å². The Hall–Kier alpha value is -1.55. The number of carbonyl (C=O) groups excluding carboxylic acids is 1. The summed E-state index contributed by atoms with van der Waals surface area (Å²) in [5, 5.41) is 6.66. The van der Waals surface area contributed by atoms with Gasteiger partial charge in [-0.15, -0.1) is 24.0 Å². The van der Waals surface area contributed by atoms with Gasteiger partial charge in [-0.3, -0.25) is 4.99 Å². The summed E-state index contributed by atoms with van der Waals surface area (Å²) in [7, 11) is 5.88. The number of guanidine groups is 1. The lowest BCUT2D eigenvalue weighted by molar-refractivity contribution is 0.00701. The molecule has 0 bridgehead atoms. The number of hydrogen-bond acceptors (Lipinski definition) is 4. The molecular formula is C20H34IN5O2. The molecule has 0 atom stereocenters. The maximum absolute atomic E-state index is 12.0. The van der Waals surface area contributed by atoms with E-state index in [1.807, 2.05) is 20.8 Å². The van der Waals surface area contributed by atoms with E-state index in [0.717, 1.165) is 12.5 Å². The number of hydrogen-bond donors (Lipinski definition) is 2. The molecule has 0 saturated carbocycles. The smallest absolute Gasteiger partial charge is 0.410 e. The van der Waals surface area contributed by atoms with E-state index in [9.17, 15) is 4.79 Å². The Morgan fingerprint density at radius 2 is 1.79 bits per heavy atom. The van der Waals surface area contributed by atoms with Crippen LogP contribution in [0.4, 0.5) is 4.79 Å². The van der Waals surface area contributed by atoms with Crippen LogP contribution >= 0.6 is 24.0 Å². The third-order valence-electron chi connectivity index (χ3n) is 4.08. The van der Waals surface area contributed by atoms with Gasteiger partial charge in [-0.2, -0.15) is 0 Å². The highest BCUT2D eigenvalue weighted by Gasteiger charge is 2.34. The average molecular weight is 503 g/mol. The van der Waals surface area contributed by atoms with Gasteiger partial charge in [0, 0.05) is 33.2 Å². The molecule has 0 aromatic heterocycles. The predicted octanol–water partition coefficient (Wildman–Crippen LogP) is 2.65. The summed E-state index contributed by atoms with van der Waals surface area (Å²) in [5.74, 6) is 0.737. The Labute approximate surface area is 185 Å². The number of carbonyl (C=O) groups is 1. The third kappa shape index (κ3) is 8.22. The molecule has 28 heavy (non-hydrogen) atoms. The van der Waals surface area contributed by atoms with Crippen LogP contribution in [0.2, 0.25) is 0 Å². The molecule has 2 rings (SSSR count). The lowest BCUT2D eigenvalue weighted by atomic mass is 10.1. The van der Waals surface area contributed by atoms with E-state index < -0.39 is 5.60 Å². The molecule has 0 radical (unpaired) electrons. The largest absolute Gasteiger partial charge is 0.444 e. The lowest BCUT2D eigenvalue weighted by Gasteiger charge is -2.40. The first-order chi connectivity index (χ1) is 12.7. The SMILES string of the molecule is CN=C(NCc1ccc(CN(C)C)cc1)NC1CN(C(=O)OC(C)(C)C)C1.I. The Morgan fingerprint density at radius 1 is 1.21 bits per heavy atom. The Morgan fingerprint density at radius 3 is 2.29 bits per heavy atom. The lowest BCUT2D eigenvalue weighted by Crippen LogP contribution is -2.63. The summed E-state index contributed by atoms with van der Waals surface area (Å²) in [6.07, 6.45) is -0.263. The van der Waals surface area contributed by atoms with Gasteiger partial charge in [0.25, 0.3) is 0 Å². The molecule has 0 unspecified atom stereocenters. The van der Waals surface area contributed by atoms with Crippen molar-refractivity contribution in [3.8, 4) is 0 Å². The van der Waals surface area contributed by atoms with E-state index in [-0.39, 0.29) is 36.1 Å². The molecule has 2 N–H and O–H groups in total. The molecular weight excluding hydrogens is 469 g/mol. The fourth-order valence-electron chi connectivity index (χ4n) is 2.75. The molecule has 7 nitrogen and oxygen atoms in total. The minimum atomic E-state index is -0.463. The van der Waals surface area contributed by atoms with Crippen LogP contribution < -0.4 is 10.6 Å². The van der Waals surface area contributed by atoms with E-state index in [0.29, 0.717) is 19.6 Å². The zero-order chi connectivity index (χ0) is 20.0. The zero-order valence-electron chi connectivity index (χ0n) is 17.8. The second-order valence-corrected chi connectivity index (χ2v) is 8.21. The molecule has 1 aromatic rings. The Kier molecular flexibility index (Phi) is 9.49. The van der Waals surface area contributed by atoms with Crippen LogP contribution in [0, 0.1) is 0 Å². The molecule has 1 fully saturated rings. The van der Waals surface area contributed by atoms with Crippen molar-refractivity contribution in [2.75, 3.05) is 34.2 Å². The van der Waals surface area contributed by atoms with Crippen LogP contribution in [-0.4, -0.2) is 67.7 Å². The topological polar surface area (TPSA) is 69.2 Å². The van der Waals surface area contributed by atoms with Crippen molar-refractivity contribution in [1.82, 2.24) is 20.4 Å². The molecule has 1 aliphatic heterocycles. The second-order valence-electron chi connectivity index (χ2n) is 8.21. The summed E-state index contributed by atoms with van der Waals surface area (Å²) in [4.78, 5) is 20.1. The minimum Gasteiger partial charge on any atom is -0.444 e. The molecule has 1 aromatic carbocycles. The average Bonchev–Trinajstić information content (AvgIpc) is 2.52. The van der Waals surface area contributed by atoms with Gasteiger partial charge in [-0.05, 0) is 46.0 Å². The zero-order valence-corrected chi connectivity index (χ0v) is 20.1. The molecule has 0 spiro atoms. The predicted molar refractivity (Wildman–Crippen MR) is 124 cm³/mol. The van der Waals surface area contributed by atoms with Gasteiger partial charge in [-0.1, -0.05) is 24.3 Å². The van der Waals surface area contributed by atoms with Gasteiger partial charge >= 0.3 is 6.09 Å². The molecule has 1 saturated heterocycles. The summed E-state index contributed by atoms with van der Waals surface area (Å²) in [5.41, 5.74) is 2.03. The van der Waals surface area contributed by atoms with Crippen LogP contribution in [0.3, 0.4) is 0 Å². The monoisotopic (exact) mass is 503 g/mol. The number of halogens is 1. The summed E-state index contributed by atoms with van der Waals surface area (Å²) in [6.45, 7) is 8.50. The molecule has 1 heterocycles. The van der Waals surface area contributed by atoms with Crippen molar-refractivity contribution in [1.29, 1.82) is 0 Å². The maximum atomic E-state index is 12.0. The normalized spacial score (nSPS) is 15.0. The van der Waals surface area contributed by atoms with Gasteiger partial charge in [0.15, 0.2) is 5.96 Å². The van der Waals surface area contributed by atoms with Crippen LogP contribution in [0.25, 0.3) is 0 Å². The number of amides is 1. The maximum Gasteiger partial charge on any atom is 0.410 e. The van der Waals surface area contributed by atoms with Crippen LogP contribution in [-0.2, 0) is 17.8 Å². The first-order valence-electron chi connectivity index (χ1n) is 9.34. The highest BCUT2D eigenvalue weighted by Crippen LogP contribution is 2.15. The number of ether oxygens (including phenoxy) is 1.